The number of aliphatic hydroxyl groups is 1. The minimum Gasteiger partial charge on any atom is -0.504 e. The number of fused-ring (bicyclic) bond motifs is 1. The zero-order valence-electron chi connectivity index (χ0n) is 12.5. The maximum atomic E-state index is 14.3. The number of aliphatic hydroxyl groups excluding tert-OH is 1. The molecule has 3 rings (SSSR count). The van der Waals surface area contributed by atoms with E-state index in [1.54, 1.807) is 0 Å². The van der Waals surface area contributed by atoms with Gasteiger partial charge in [0.1, 0.15) is 16.4 Å². The average molecular weight is 426 g/mol. The first kappa shape index (κ1) is 18.7. The summed E-state index contributed by atoms with van der Waals surface area (Å²) in [5.41, 5.74) is -1.15. The van der Waals surface area contributed by atoms with Crippen molar-refractivity contribution in [3.63, 3.8) is 0 Å². The van der Waals surface area contributed by atoms with Gasteiger partial charge in [0, 0.05) is 12.4 Å². The van der Waals surface area contributed by atoms with Gasteiger partial charge in [0.2, 0.25) is 0 Å². The Morgan fingerprint density at radius 1 is 1.19 bits per heavy atom. The summed E-state index contributed by atoms with van der Waals surface area (Å²) < 4.78 is 66.2. The van der Waals surface area contributed by atoms with Crippen LogP contribution >= 0.6 is 23.2 Å². The normalized spacial score (nSPS) is 16.2. The van der Waals surface area contributed by atoms with Crippen molar-refractivity contribution in [3.05, 3.63) is 51.6 Å². The Bertz CT molecular complexity index is 1030. The molecular formula is C14H8Cl2F3N3O3S. The highest BCUT2D eigenvalue weighted by molar-refractivity contribution is 8.02. The van der Waals surface area contributed by atoms with Gasteiger partial charge in [-0.25, -0.2) is 35.9 Å². The lowest BCUT2D eigenvalue weighted by atomic mass is 10.1. The summed E-state index contributed by atoms with van der Waals surface area (Å²) in [4.78, 5) is 6.44. The van der Waals surface area contributed by atoms with Crippen molar-refractivity contribution in [1.82, 2.24) is 9.97 Å². The number of nitrogens with zero attached hydrogens (tertiary/aromatic N) is 3. The fourth-order valence-electron chi connectivity index (χ4n) is 2.43. The van der Waals surface area contributed by atoms with Gasteiger partial charge in [0.05, 0.1) is 22.2 Å². The minimum atomic E-state index is -4.84. The van der Waals surface area contributed by atoms with Crippen molar-refractivity contribution in [1.29, 1.82) is 0 Å². The fourth-order valence-corrected chi connectivity index (χ4v) is 4.58. The van der Waals surface area contributed by atoms with Crippen LogP contribution in [0.15, 0.2) is 24.5 Å². The molecule has 0 radical (unpaired) electrons. The van der Waals surface area contributed by atoms with Crippen molar-refractivity contribution in [3.8, 4) is 0 Å². The topological polar surface area (TPSA) is 83.4 Å². The second-order valence-corrected chi connectivity index (χ2v) is 7.64. The number of hydrogen-bond donors (Lipinski definition) is 1. The molecule has 0 fully saturated rings. The molecule has 0 bridgehead atoms. The average Bonchev–Trinajstić information content (AvgIpc) is 2.58. The van der Waals surface area contributed by atoms with Crippen molar-refractivity contribution in [2.24, 2.45) is 0 Å². The predicted molar refractivity (Wildman–Crippen MR) is 90.2 cm³/mol. The smallest absolute Gasteiger partial charge is 0.270 e. The Hall–Kier alpha value is -2.04. The van der Waals surface area contributed by atoms with Gasteiger partial charge in [-0.3, -0.25) is 0 Å². The number of alkyl halides is 2. The van der Waals surface area contributed by atoms with Crippen LogP contribution < -0.4 is 4.31 Å². The second kappa shape index (κ2) is 6.60. The van der Waals surface area contributed by atoms with Gasteiger partial charge >= 0.3 is 0 Å². The number of benzene rings is 1. The van der Waals surface area contributed by atoms with Crippen LogP contribution in [0.3, 0.4) is 0 Å². The van der Waals surface area contributed by atoms with Gasteiger partial charge < -0.3 is 5.11 Å². The van der Waals surface area contributed by atoms with E-state index in [1.807, 2.05) is 0 Å². The molecule has 138 valence electrons. The third kappa shape index (κ3) is 2.87. The summed E-state index contributed by atoms with van der Waals surface area (Å²) in [5.74, 6) is -2.59. The molecule has 6 nitrogen and oxygen atoms in total. The molecule has 1 aromatic carbocycles. The summed E-state index contributed by atoms with van der Waals surface area (Å²) in [6, 6.07) is 1.92. The highest BCUT2D eigenvalue weighted by atomic mass is 35.5. The van der Waals surface area contributed by atoms with Crippen molar-refractivity contribution in [2.75, 3.05) is 10.8 Å². The van der Waals surface area contributed by atoms with Gasteiger partial charge in [-0.15, -0.1) is 0 Å². The van der Waals surface area contributed by atoms with Crippen LogP contribution in [0, 0.1) is 5.82 Å². The summed E-state index contributed by atoms with van der Waals surface area (Å²) >= 11 is 11.7. The molecule has 12 heteroatoms. The third-order valence-electron chi connectivity index (χ3n) is 3.48. The van der Waals surface area contributed by atoms with E-state index in [1.165, 1.54) is 0 Å². The first-order valence-corrected chi connectivity index (χ1v) is 9.05. The van der Waals surface area contributed by atoms with E-state index in [2.05, 4.69) is 9.97 Å². The van der Waals surface area contributed by atoms with E-state index < -0.39 is 61.6 Å². The first-order chi connectivity index (χ1) is 12.2. The molecule has 0 unspecified atom stereocenters. The van der Waals surface area contributed by atoms with Gasteiger partial charge in [-0.2, -0.15) is 0 Å². The number of anilines is 1. The monoisotopic (exact) mass is 425 g/mol. The molecule has 26 heavy (non-hydrogen) atoms. The van der Waals surface area contributed by atoms with Crippen LogP contribution in [-0.4, -0.2) is 36.5 Å². The van der Waals surface area contributed by atoms with Crippen LogP contribution in [0.4, 0.5) is 19.0 Å². The highest BCUT2D eigenvalue weighted by Crippen LogP contribution is 2.44. The Labute approximate surface area is 155 Å². The van der Waals surface area contributed by atoms with Gasteiger partial charge in [-0.05, 0) is 12.1 Å². The molecule has 0 aliphatic carbocycles. The Morgan fingerprint density at radius 3 is 2.50 bits per heavy atom. The Morgan fingerprint density at radius 2 is 1.85 bits per heavy atom. The largest absolute Gasteiger partial charge is 0.504 e. The van der Waals surface area contributed by atoms with Crippen LogP contribution in [0.25, 0.3) is 10.7 Å². The lowest BCUT2D eigenvalue weighted by molar-refractivity contribution is 0.159. The Balaban J connectivity index is 2.40. The quantitative estimate of drug-likeness (QED) is 0.757. The van der Waals surface area contributed by atoms with Gasteiger partial charge in [-0.1, -0.05) is 23.2 Å². The maximum Gasteiger partial charge on any atom is 0.270 e. The molecular weight excluding hydrogens is 418 g/mol. The third-order valence-corrected chi connectivity index (χ3v) is 6.10. The predicted octanol–water partition coefficient (Wildman–Crippen LogP) is 3.72. The zero-order chi connectivity index (χ0) is 19.2. The summed E-state index contributed by atoms with van der Waals surface area (Å²) in [7, 11) is -4.84. The van der Waals surface area contributed by atoms with Gasteiger partial charge in [0.15, 0.2) is 11.6 Å². The molecule has 0 saturated carbocycles. The molecule has 1 aliphatic heterocycles. The molecule has 2 aromatic rings. The SMILES string of the molecule is O=S1(=O)C(c2c(F)ccc(Cl)c2Cl)=C(O)c2nccnc2N1CC(F)F. The number of halogens is 5. The Kier molecular flexibility index (Phi) is 4.76. The lowest BCUT2D eigenvalue weighted by Crippen LogP contribution is -2.39. The van der Waals surface area contributed by atoms with E-state index >= 15 is 0 Å². The van der Waals surface area contributed by atoms with Crippen LogP contribution in [-0.2, 0) is 10.0 Å². The number of aromatic nitrogens is 2. The molecule has 0 amide bonds. The van der Waals surface area contributed by atoms with E-state index in [4.69, 9.17) is 23.2 Å². The standard InChI is InChI=1S/C14H8Cl2F3N3O3S/c15-6-1-2-7(17)9(10(6)16)13-12(23)11-14(21-4-3-20-11)22(5-8(18)19)26(13,24)25/h1-4,8,23H,5H2. The van der Waals surface area contributed by atoms with E-state index in [9.17, 15) is 26.7 Å². The van der Waals surface area contributed by atoms with Crippen LogP contribution in [0.2, 0.25) is 10.0 Å². The molecule has 2 heterocycles. The van der Waals surface area contributed by atoms with Gasteiger partial charge in [0.25, 0.3) is 16.4 Å². The minimum absolute atomic E-state index is 0.191. The van der Waals surface area contributed by atoms with Crippen molar-refractivity contribution in [2.45, 2.75) is 6.43 Å². The number of hydrogen-bond acceptors (Lipinski definition) is 5. The summed E-state index contributed by atoms with van der Waals surface area (Å²) in [6.07, 6.45) is -0.889. The summed E-state index contributed by atoms with van der Waals surface area (Å²) in [5, 5.41) is 9.73. The van der Waals surface area contributed by atoms with Crippen LogP contribution in [0.1, 0.15) is 11.3 Å². The number of sulfonamides is 1. The van der Waals surface area contributed by atoms with Crippen LogP contribution in [0.5, 0.6) is 0 Å². The highest BCUT2D eigenvalue weighted by Gasteiger charge is 2.43. The molecule has 0 atom stereocenters. The molecule has 1 aliphatic rings. The molecule has 0 spiro atoms. The van der Waals surface area contributed by atoms with Crippen molar-refractivity contribution < 1.29 is 26.7 Å². The van der Waals surface area contributed by atoms with Crippen molar-refractivity contribution >= 4 is 49.7 Å². The number of rotatable bonds is 3. The van der Waals surface area contributed by atoms with E-state index in [0.29, 0.717) is 0 Å². The van der Waals surface area contributed by atoms with E-state index in [-0.39, 0.29) is 9.33 Å². The fraction of sp³-hybridized carbons (Fsp3) is 0.143. The molecule has 1 aromatic heterocycles. The lowest BCUT2D eigenvalue weighted by Gasteiger charge is -2.30. The second-order valence-electron chi connectivity index (χ2n) is 5.05. The molecule has 0 saturated heterocycles. The maximum absolute atomic E-state index is 14.3. The first-order valence-electron chi connectivity index (χ1n) is 6.85. The molecule has 1 N–H and O–H groups in total. The van der Waals surface area contributed by atoms with E-state index in [0.717, 1.165) is 24.5 Å². The zero-order valence-corrected chi connectivity index (χ0v) is 14.8. The summed E-state index contributed by atoms with van der Waals surface area (Å²) in [6.45, 7) is -1.27.